The van der Waals surface area contributed by atoms with Gasteiger partial charge in [0.25, 0.3) is 0 Å². The lowest BCUT2D eigenvalue weighted by molar-refractivity contribution is -0.131. The molecule has 3 heteroatoms. The van der Waals surface area contributed by atoms with Gasteiger partial charge < -0.3 is 9.47 Å². The van der Waals surface area contributed by atoms with Crippen LogP contribution in [0.3, 0.4) is 0 Å². The van der Waals surface area contributed by atoms with Crippen LogP contribution in [0.4, 0.5) is 0 Å². The molecule has 0 heterocycles. The Balaban J connectivity index is 2.73. The van der Waals surface area contributed by atoms with Crippen LogP contribution in [0.15, 0.2) is 18.2 Å². The van der Waals surface area contributed by atoms with Crippen molar-refractivity contribution >= 4 is 5.97 Å². The lowest BCUT2D eigenvalue weighted by atomic mass is 10.3. The molecular formula is C10H11O3. The smallest absolute Gasteiger partial charge is 0.308 e. The number of ether oxygens (including phenoxy) is 2. The van der Waals surface area contributed by atoms with E-state index in [4.69, 9.17) is 9.47 Å². The summed E-state index contributed by atoms with van der Waals surface area (Å²) in [4.78, 5) is 10.6. The van der Waals surface area contributed by atoms with E-state index in [0.29, 0.717) is 18.1 Å². The maximum Gasteiger partial charge on any atom is 0.308 e. The van der Waals surface area contributed by atoms with E-state index >= 15 is 0 Å². The van der Waals surface area contributed by atoms with Gasteiger partial charge >= 0.3 is 5.97 Å². The van der Waals surface area contributed by atoms with Crippen LogP contribution in [0.2, 0.25) is 0 Å². The first-order valence-electron chi connectivity index (χ1n) is 4.04. The van der Waals surface area contributed by atoms with Gasteiger partial charge in [-0.2, -0.15) is 0 Å². The number of rotatable bonds is 3. The molecule has 0 spiro atoms. The quantitative estimate of drug-likeness (QED) is 0.524. The standard InChI is InChI=1S/C10H11O3/c1-3-12-9-5-4-6-10(7-9)13-8(2)11/h5-7H,3H2,1-2H3. The fourth-order valence-electron chi connectivity index (χ4n) is 0.904. The summed E-state index contributed by atoms with van der Waals surface area (Å²) in [6.45, 7) is 3.82. The van der Waals surface area contributed by atoms with Crippen molar-refractivity contribution in [2.24, 2.45) is 0 Å². The Kier molecular flexibility index (Phi) is 3.31. The van der Waals surface area contributed by atoms with E-state index in [0.717, 1.165) is 0 Å². The molecule has 0 aromatic heterocycles. The Morgan fingerprint density at radius 2 is 2.15 bits per heavy atom. The van der Waals surface area contributed by atoms with Crippen LogP contribution >= 0.6 is 0 Å². The summed E-state index contributed by atoms with van der Waals surface area (Å²) < 4.78 is 10.1. The molecule has 0 saturated heterocycles. The molecule has 1 radical (unpaired) electrons. The number of benzene rings is 1. The van der Waals surface area contributed by atoms with Crippen molar-refractivity contribution in [1.29, 1.82) is 0 Å². The Hall–Kier alpha value is -1.51. The van der Waals surface area contributed by atoms with Gasteiger partial charge in [-0.05, 0) is 25.1 Å². The SMILES string of the molecule is CCOc1c[c]cc(OC(C)=O)c1. The summed E-state index contributed by atoms with van der Waals surface area (Å²) in [6.07, 6.45) is 0. The van der Waals surface area contributed by atoms with Gasteiger partial charge in [0.2, 0.25) is 0 Å². The largest absolute Gasteiger partial charge is 0.494 e. The van der Waals surface area contributed by atoms with Crippen LogP contribution in [-0.2, 0) is 4.79 Å². The average Bonchev–Trinajstić information content (AvgIpc) is 2.04. The molecule has 0 aliphatic carbocycles. The Labute approximate surface area is 77.3 Å². The molecule has 0 atom stereocenters. The molecule has 0 unspecified atom stereocenters. The van der Waals surface area contributed by atoms with Crippen LogP contribution in [-0.4, -0.2) is 12.6 Å². The van der Waals surface area contributed by atoms with Gasteiger partial charge in [0.1, 0.15) is 11.5 Å². The zero-order valence-corrected chi connectivity index (χ0v) is 7.66. The Bertz CT molecular complexity index is 294. The minimum Gasteiger partial charge on any atom is -0.494 e. The second kappa shape index (κ2) is 4.50. The molecule has 0 aliphatic rings. The highest BCUT2D eigenvalue weighted by molar-refractivity contribution is 5.69. The van der Waals surface area contributed by atoms with Crippen LogP contribution in [0.1, 0.15) is 13.8 Å². The van der Waals surface area contributed by atoms with Gasteiger partial charge in [-0.3, -0.25) is 4.79 Å². The second-order valence-electron chi connectivity index (χ2n) is 2.43. The van der Waals surface area contributed by atoms with Crippen molar-refractivity contribution in [3.8, 4) is 11.5 Å². The van der Waals surface area contributed by atoms with Gasteiger partial charge in [-0.1, -0.05) is 0 Å². The van der Waals surface area contributed by atoms with Crippen LogP contribution in [0, 0.1) is 6.07 Å². The van der Waals surface area contributed by atoms with E-state index < -0.39 is 0 Å². The van der Waals surface area contributed by atoms with Gasteiger partial charge in [0.15, 0.2) is 0 Å². The zero-order chi connectivity index (χ0) is 9.68. The molecule has 1 aromatic carbocycles. The van der Waals surface area contributed by atoms with Crippen LogP contribution < -0.4 is 9.47 Å². The highest BCUT2D eigenvalue weighted by Crippen LogP contribution is 2.18. The molecular weight excluding hydrogens is 168 g/mol. The average molecular weight is 179 g/mol. The summed E-state index contributed by atoms with van der Waals surface area (Å²) in [5.74, 6) is 0.766. The summed E-state index contributed by atoms with van der Waals surface area (Å²) in [6, 6.07) is 7.75. The molecule has 0 saturated carbocycles. The predicted molar refractivity (Wildman–Crippen MR) is 47.8 cm³/mol. The van der Waals surface area contributed by atoms with Gasteiger partial charge in [0, 0.05) is 13.0 Å². The lowest BCUT2D eigenvalue weighted by Gasteiger charge is -2.04. The second-order valence-corrected chi connectivity index (χ2v) is 2.43. The van der Waals surface area contributed by atoms with E-state index in [1.54, 1.807) is 18.2 Å². The van der Waals surface area contributed by atoms with Crippen molar-refractivity contribution in [3.63, 3.8) is 0 Å². The molecule has 1 rings (SSSR count). The minimum atomic E-state index is -0.345. The number of hydrogen-bond donors (Lipinski definition) is 0. The van der Waals surface area contributed by atoms with Crippen molar-refractivity contribution in [2.45, 2.75) is 13.8 Å². The van der Waals surface area contributed by atoms with E-state index in [1.165, 1.54) is 6.92 Å². The maximum atomic E-state index is 10.6. The van der Waals surface area contributed by atoms with Crippen LogP contribution in [0.25, 0.3) is 0 Å². The summed E-state index contributed by atoms with van der Waals surface area (Å²) in [5, 5.41) is 0. The molecule has 0 bridgehead atoms. The number of hydrogen-bond acceptors (Lipinski definition) is 3. The molecule has 1 aromatic rings. The number of carbonyl (C=O) groups excluding carboxylic acids is 1. The molecule has 13 heavy (non-hydrogen) atoms. The van der Waals surface area contributed by atoms with Crippen molar-refractivity contribution in [3.05, 3.63) is 24.3 Å². The molecule has 69 valence electrons. The predicted octanol–water partition coefficient (Wildman–Crippen LogP) is 1.81. The zero-order valence-electron chi connectivity index (χ0n) is 7.66. The molecule has 3 nitrogen and oxygen atoms in total. The topological polar surface area (TPSA) is 35.5 Å². The summed E-state index contributed by atoms with van der Waals surface area (Å²) in [7, 11) is 0. The third-order valence-electron chi connectivity index (χ3n) is 1.31. The Morgan fingerprint density at radius 3 is 2.77 bits per heavy atom. The lowest BCUT2D eigenvalue weighted by Crippen LogP contribution is -2.01. The van der Waals surface area contributed by atoms with Crippen molar-refractivity contribution in [2.75, 3.05) is 6.61 Å². The van der Waals surface area contributed by atoms with E-state index in [9.17, 15) is 4.79 Å². The third-order valence-corrected chi connectivity index (χ3v) is 1.31. The van der Waals surface area contributed by atoms with E-state index in [-0.39, 0.29) is 5.97 Å². The van der Waals surface area contributed by atoms with Gasteiger partial charge in [0.05, 0.1) is 6.61 Å². The highest BCUT2D eigenvalue weighted by atomic mass is 16.5. The first-order chi connectivity index (χ1) is 6.22. The summed E-state index contributed by atoms with van der Waals surface area (Å²) in [5.41, 5.74) is 0. The van der Waals surface area contributed by atoms with Gasteiger partial charge in [-0.15, -0.1) is 0 Å². The number of esters is 1. The fourth-order valence-corrected chi connectivity index (χ4v) is 0.904. The normalized spacial score (nSPS) is 9.38. The van der Waals surface area contributed by atoms with Crippen molar-refractivity contribution < 1.29 is 14.3 Å². The maximum absolute atomic E-state index is 10.6. The molecule has 0 amide bonds. The van der Waals surface area contributed by atoms with Crippen molar-refractivity contribution in [1.82, 2.24) is 0 Å². The van der Waals surface area contributed by atoms with E-state index in [1.807, 2.05) is 6.92 Å². The first kappa shape index (κ1) is 9.58. The van der Waals surface area contributed by atoms with E-state index in [2.05, 4.69) is 6.07 Å². The number of carbonyl (C=O) groups is 1. The fraction of sp³-hybridized carbons (Fsp3) is 0.300. The van der Waals surface area contributed by atoms with Gasteiger partial charge in [-0.25, -0.2) is 0 Å². The highest BCUT2D eigenvalue weighted by Gasteiger charge is 1.99. The summed E-state index contributed by atoms with van der Waals surface area (Å²) >= 11 is 0. The van der Waals surface area contributed by atoms with Crippen LogP contribution in [0.5, 0.6) is 11.5 Å². The third kappa shape index (κ3) is 3.15. The monoisotopic (exact) mass is 179 g/mol. The molecule has 0 aliphatic heterocycles. The first-order valence-corrected chi connectivity index (χ1v) is 4.04. The molecule has 0 fully saturated rings. The molecule has 0 N–H and O–H groups in total. The minimum absolute atomic E-state index is 0.345. The Morgan fingerprint density at radius 1 is 1.46 bits per heavy atom.